The number of imidazole rings is 1. The second kappa shape index (κ2) is 7.84. The first-order chi connectivity index (χ1) is 13.2. The Morgan fingerprint density at radius 3 is 2.21 bits per heavy atom. The van der Waals surface area contributed by atoms with Gasteiger partial charge in [0.05, 0.1) is 11.0 Å². The van der Waals surface area contributed by atoms with E-state index in [4.69, 9.17) is 0 Å². The van der Waals surface area contributed by atoms with Gasteiger partial charge >= 0.3 is 0 Å². The Bertz CT molecular complexity index is 998. The maximum absolute atomic E-state index is 12.4. The van der Waals surface area contributed by atoms with Crippen LogP contribution in [0.1, 0.15) is 47.3 Å². The molecule has 6 nitrogen and oxygen atoms in total. The number of para-hydroxylation sites is 2. The Morgan fingerprint density at radius 1 is 0.964 bits per heavy atom. The molecule has 1 heterocycles. The van der Waals surface area contributed by atoms with Gasteiger partial charge < -0.3 is 15.2 Å². The van der Waals surface area contributed by atoms with Crippen LogP contribution in [0.4, 0.5) is 0 Å². The summed E-state index contributed by atoms with van der Waals surface area (Å²) in [6.07, 6.45) is 0. The summed E-state index contributed by atoms with van der Waals surface area (Å²) in [5, 5.41) is 5.83. The second-order valence-corrected chi connectivity index (χ2v) is 7.84. The Kier molecular flexibility index (Phi) is 5.49. The number of amides is 2. The molecule has 0 saturated heterocycles. The number of carbonyl (C=O) groups is 2. The SMILES string of the molecule is Cc1nc2ccccc2n1CCNC(=O)c1ccc(C(=O)NC(C)(C)C)cc1. The van der Waals surface area contributed by atoms with Gasteiger partial charge in [0.25, 0.3) is 11.8 Å². The van der Waals surface area contributed by atoms with E-state index in [-0.39, 0.29) is 17.4 Å². The van der Waals surface area contributed by atoms with E-state index >= 15 is 0 Å². The number of carbonyl (C=O) groups excluding carboxylic acids is 2. The summed E-state index contributed by atoms with van der Waals surface area (Å²) in [4.78, 5) is 29.1. The lowest BCUT2D eigenvalue weighted by molar-refractivity contribution is 0.0915. The molecule has 0 atom stereocenters. The summed E-state index contributed by atoms with van der Waals surface area (Å²) in [5.41, 5.74) is 2.77. The number of rotatable bonds is 5. The maximum Gasteiger partial charge on any atom is 0.251 e. The third kappa shape index (κ3) is 4.57. The predicted molar refractivity (Wildman–Crippen MR) is 110 cm³/mol. The number of nitrogens with one attached hydrogen (secondary N) is 2. The molecule has 6 heteroatoms. The highest BCUT2D eigenvalue weighted by Crippen LogP contribution is 2.15. The number of aryl methyl sites for hydroxylation is 1. The van der Waals surface area contributed by atoms with E-state index in [1.807, 2.05) is 52.0 Å². The van der Waals surface area contributed by atoms with E-state index in [1.54, 1.807) is 24.3 Å². The zero-order chi connectivity index (χ0) is 20.3. The van der Waals surface area contributed by atoms with E-state index < -0.39 is 0 Å². The molecule has 0 bridgehead atoms. The van der Waals surface area contributed by atoms with E-state index in [2.05, 4.69) is 20.2 Å². The molecule has 0 radical (unpaired) electrons. The summed E-state index contributed by atoms with van der Waals surface area (Å²) < 4.78 is 2.09. The number of benzene rings is 2. The van der Waals surface area contributed by atoms with Gasteiger partial charge in [0.15, 0.2) is 0 Å². The molecule has 1 aromatic heterocycles. The van der Waals surface area contributed by atoms with Crippen LogP contribution >= 0.6 is 0 Å². The van der Waals surface area contributed by atoms with Crippen molar-refractivity contribution in [3.8, 4) is 0 Å². The van der Waals surface area contributed by atoms with E-state index in [0.29, 0.717) is 24.2 Å². The highest BCUT2D eigenvalue weighted by Gasteiger charge is 2.15. The van der Waals surface area contributed by atoms with Crippen LogP contribution in [0, 0.1) is 6.92 Å². The fourth-order valence-corrected chi connectivity index (χ4v) is 3.05. The molecule has 2 amide bonds. The van der Waals surface area contributed by atoms with Crippen LogP contribution in [0.15, 0.2) is 48.5 Å². The lowest BCUT2D eigenvalue weighted by Gasteiger charge is -2.20. The average Bonchev–Trinajstić information content (AvgIpc) is 2.96. The molecule has 0 spiro atoms. The van der Waals surface area contributed by atoms with Crippen molar-refractivity contribution in [2.24, 2.45) is 0 Å². The molecule has 28 heavy (non-hydrogen) atoms. The number of fused-ring (bicyclic) bond motifs is 1. The predicted octanol–water partition coefficient (Wildman–Crippen LogP) is 3.30. The summed E-state index contributed by atoms with van der Waals surface area (Å²) in [6.45, 7) is 8.88. The lowest BCUT2D eigenvalue weighted by atomic mass is 10.1. The van der Waals surface area contributed by atoms with Crippen molar-refractivity contribution in [3.05, 3.63) is 65.5 Å². The van der Waals surface area contributed by atoms with E-state index in [0.717, 1.165) is 16.9 Å². The fourth-order valence-electron chi connectivity index (χ4n) is 3.05. The van der Waals surface area contributed by atoms with Crippen molar-refractivity contribution in [1.29, 1.82) is 0 Å². The largest absolute Gasteiger partial charge is 0.350 e. The smallest absolute Gasteiger partial charge is 0.251 e. The quantitative estimate of drug-likeness (QED) is 0.715. The molecule has 0 unspecified atom stereocenters. The molecule has 3 rings (SSSR count). The van der Waals surface area contributed by atoms with Gasteiger partial charge in [-0.05, 0) is 64.1 Å². The number of nitrogens with zero attached hydrogens (tertiary/aromatic N) is 2. The summed E-state index contributed by atoms with van der Waals surface area (Å²) in [5.74, 6) is 0.608. The minimum Gasteiger partial charge on any atom is -0.350 e. The lowest BCUT2D eigenvalue weighted by Crippen LogP contribution is -2.40. The van der Waals surface area contributed by atoms with E-state index in [1.165, 1.54) is 0 Å². The standard InChI is InChI=1S/C22H26N4O2/c1-15-24-18-7-5-6-8-19(18)26(15)14-13-23-20(27)16-9-11-17(12-10-16)21(28)25-22(2,3)4/h5-12H,13-14H2,1-4H3,(H,23,27)(H,25,28). The fraction of sp³-hybridized carbons (Fsp3) is 0.318. The van der Waals surface area contributed by atoms with Crippen LogP contribution in [0.2, 0.25) is 0 Å². The summed E-state index contributed by atoms with van der Waals surface area (Å²) in [6, 6.07) is 14.6. The second-order valence-electron chi connectivity index (χ2n) is 7.84. The van der Waals surface area contributed by atoms with Gasteiger partial charge in [-0.2, -0.15) is 0 Å². The molecule has 0 fully saturated rings. The first-order valence-electron chi connectivity index (χ1n) is 9.37. The van der Waals surface area contributed by atoms with Crippen LogP contribution in [-0.4, -0.2) is 33.4 Å². The molecule has 0 aliphatic carbocycles. The van der Waals surface area contributed by atoms with Crippen molar-refractivity contribution in [3.63, 3.8) is 0 Å². The molecular weight excluding hydrogens is 352 g/mol. The molecule has 3 aromatic rings. The molecule has 0 saturated carbocycles. The molecule has 146 valence electrons. The van der Waals surface area contributed by atoms with Crippen LogP contribution in [0.25, 0.3) is 11.0 Å². The zero-order valence-corrected chi connectivity index (χ0v) is 16.7. The monoisotopic (exact) mass is 378 g/mol. The van der Waals surface area contributed by atoms with Gasteiger partial charge in [0.2, 0.25) is 0 Å². The third-order valence-electron chi connectivity index (χ3n) is 4.36. The molecule has 0 aliphatic rings. The summed E-state index contributed by atoms with van der Waals surface area (Å²) in [7, 11) is 0. The average molecular weight is 378 g/mol. The Hall–Kier alpha value is -3.15. The van der Waals surface area contributed by atoms with Crippen LogP contribution in [0.5, 0.6) is 0 Å². The van der Waals surface area contributed by atoms with Gasteiger partial charge in [0, 0.05) is 29.8 Å². The minimum absolute atomic E-state index is 0.151. The third-order valence-corrected chi connectivity index (χ3v) is 4.36. The van der Waals surface area contributed by atoms with Crippen LogP contribution < -0.4 is 10.6 Å². The van der Waals surface area contributed by atoms with Gasteiger partial charge in [-0.1, -0.05) is 12.1 Å². The topological polar surface area (TPSA) is 76.0 Å². The normalized spacial score (nSPS) is 11.4. The van der Waals surface area contributed by atoms with Crippen molar-refractivity contribution in [2.45, 2.75) is 39.8 Å². The highest BCUT2D eigenvalue weighted by molar-refractivity contribution is 5.98. The van der Waals surface area contributed by atoms with Crippen molar-refractivity contribution in [2.75, 3.05) is 6.54 Å². The van der Waals surface area contributed by atoms with Gasteiger partial charge in [-0.15, -0.1) is 0 Å². The highest BCUT2D eigenvalue weighted by atomic mass is 16.2. The van der Waals surface area contributed by atoms with Crippen molar-refractivity contribution in [1.82, 2.24) is 20.2 Å². The molecule has 2 N–H and O–H groups in total. The van der Waals surface area contributed by atoms with Crippen molar-refractivity contribution < 1.29 is 9.59 Å². The Balaban J connectivity index is 1.59. The first-order valence-corrected chi connectivity index (χ1v) is 9.37. The summed E-state index contributed by atoms with van der Waals surface area (Å²) >= 11 is 0. The first kappa shape index (κ1) is 19.6. The number of hydrogen-bond donors (Lipinski definition) is 2. The maximum atomic E-state index is 12.4. The van der Waals surface area contributed by atoms with Crippen molar-refractivity contribution >= 4 is 22.8 Å². The Labute approximate surface area is 165 Å². The van der Waals surface area contributed by atoms with Gasteiger partial charge in [-0.3, -0.25) is 9.59 Å². The number of hydrogen-bond acceptors (Lipinski definition) is 3. The van der Waals surface area contributed by atoms with Crippen LogP contribution in [0.3, 0.4) is 0 Å². The van der Waals surface area contributed by atoms with E-state index in [9.17, 15) is 9.59 Å². The molecule has 0 aliphatic heterocycles. The zero-order valence-electron chi connectivity index (χ0n) is 16.7. The molecular formula is C22H26N4O2. The molecule has 2 aromatic carbocycles. The minimum atomic E-state index is -0.303. The van der Waals surface area contributed by atoms with Gasteiger partial charge in [-0.25, -0.2) is 4.98 Å². The number of aromatic nitrogens is 2. The van der Waals surface area contributed by atoms with Crippen LogP contribution in [-0.2, 0) is 6.54 Å². The van der Waals surface area contributed by atoms with Gasteiger partial charge in [0.1, 0.15) is 5.82 Å². The Morgan fingerprint density at radius 2 is 1.57 bits per heavy atom.